The van der Waals surface area contributed by atoms with E-state index < -0.39 is 11.4 Å². The molecule has 1 N–H and O–H groups in total. The Morgan fingerprint density at radius 1 is 1.53 bits per heavy atom. The van der Waals surface area contributed by atoms with Crippen molar-refractivity contribution in [2.45, 2.75) is 46.1 Å². The van der Waals surface area contributed by atoms with Crippen molar-refractivity contribution >= 4 is 5.97 Å². The predicted molar refractivity (Wildman–Crippen MR) is 67.1 cm³/mol. The number of nitrogens with zero attached hydrogens (tertiary/aromatic N) is 1. The molecule has 1 aliphatic heterocycles. The number of aliphatic carboxylic acids is 1. The molecular formula is C13H25NO3. The van der Waals surface area contributed by atoms with E-state index >= 15 is 0 Å². The van der Waals surface area contributed by atoms with Crippen LogP contribution in [0.4, 0.5) is 0 Å². The highest BCUT2D eigenvalue weighted by molar-refractivity contribution is 5.75. The van der Waals surface area contributed by atoms with Crippen molar-refractivity contribution in [3.05, 3.63) is 0 Å². The van der Waals surface area contributed by atoms with Gasteiger partial charge in [0.05, 0.1) is 18.1 Å². The third-order valence-corrected chi connectivity index (χ3v) is 3.65. The van der Waals surface area contributed by atoms with Gasteiger partial charge in [-0.15, -0.1) is 0 Å². The molecule has 1 saturated heterocycles. The number of hydrogen-bond donors (Lipinski definition) is 1. The maximum absolute atomic E-state index is 11.4. The lowest BCUT2D eigenvalue weighted by Crippen LogP contribution is -2.48. The second-order valence-corrected chi connectivity index (χ2v) is 5.24. The summed E-state index contributed by atoms with van der Waals surface area (Å²) in [5.74, 6) is -0.644. The SMILES string of the molecule is CCC1(C(=O)O)CCCN(CCOC(C)C)C1. The molecule has 100 valence electrons. The number of rotatable bonds is 6. The Balaban J connectivity index is 2.45. The van der Waals surface area contributed by atoms with Crippen molar-refractivity contribution in [2.24, 2.45) is 5.41 Å². The molecule has 0 saturated carbocycles. The molecule has 0 aliphatic carbocycles. The Labute approximate surface area is 104 Å². The summed E-state index contributed by atoms with van der Waals surface area (Å²) in [6.45, 7) is 9.21. The second-order valence-electron chi connectivity index (χ2n) is 5.24. The number of carboxylic acids is 1. The summed E-state index contributed by atoms with van der Waals surface area (Å²) in [6.07, 6.45) is 2.74. The van der Waals surface area contributed by atoms with E-state index in [4.69, 9.17) is 4.74 Å². The summed E-state index contributed by atoms with van der Waals surface area (Å²) in [4.78, 5) is 13.6. The minimum Gasteiger partial charge on any atom is -0.481 e. The molecule has 4 heteroatoms. The number of hydrogen-bond acceptors (Lipinski definition) is 3. The van der Waals surface area contributed by atoms with Crippen molar-refractivity contribution in [3.63, 3.8) is 0 Å². The second kappa shape index (κ2) is 6.36. The standard InChI is InChI=1S/C13H25NO3/c1-4-13(12(15)16)6-5-7-14(10-13)8-9-17-11(2)3/h11H,4-10H2,1-3H3,(H,15,16). The van der Waals surface area contributed by atoms with Crippen LogP contribution >= 0.6 is 0 Å². The third kappa shape index (κ3) is 3.96. The van der Waals surface area contributed by atoms with Crippen LogP contribution in [-0.4, -0.2) is 48.3 Å². The average molecular weight is 243 g/mol. The van der Waals surface area contributed by atoms with Crippen LogP contribution in [0.5, 0.6) is 0 Å². The maximum Gasteiger partial charge on any atom is 0.310 e. The minimum absolute atomic E-state index is 0.246. The van der Waals surface area contributed by atoms with Crippen LogP contribution in [0.25, 0.3) is 0 Å². The van der Waals surface area contributed by atoms with Crippen LogP contribution in [0.2, 0.25) is 0 Å². The van der Waals surface area contributed by atoms with Gasteiger partial charge in [0.15, 0.2) is 0 Å². The molecule has 1 aliphatic rings. The molecule has 4 nitrogen and oxygen atoms in total. The first kappa shape index (κ1) is 14.5. The van der Waals surface area contributed by atoms with E-state index in [1.165, 1.54) is 0 Å². The zero-order valence-corrected chi connectivity index (χ0v) is 11.2. The van der Waals surface area contributed by atoms with Crippen molar-refractivity contribution < 1.29 is 14.6 Å². The van der Waals surface area contributed by atoms with Gasteiger partial charge in [-0.2, -0.15) is 0 Å². The molecule has 1 unspecified atom stereocenters. The van der Waals surface area contributed by atoms with E-state index in [0.29, 0.717) is 19.6 Å². The molecule has 1 rings (SSSR count). The van der Waals surface area contributed by atoms with Crippen molar-refractivity contribution in [1.29, 1.82) is 0 Å². The molecular weight excluding hydrogens is 218 g/mol. The van der Waals surface area contributed by atoms with Crippen LogP contribution in [0, 0.1) is 5.41 Å². The third-order valence-electron chi connectivity index (χ3n) is 3.65. The lowest BCUT2D eigenvalue weighted by Gasteiger charge is -2.39. The monoisotopic (exact) mass is 243 g/mol. The number of piperidine rings is 1. The van der Waals surface area contributed by atoms with E-state index in [1.807, 2.05) is 20.8 Å². The summed E-state index contributed by atoms with van der Waals surface area (Å²) in [5, 5.41) is 9.36. The Hall–Kier alpha value is -0.610. The molecule has 0 radical (unpaired) electrons. The van der Waals surface area contributed by atoms with Gasteiger partial charge in [-0.3, -0.25) is 9.69 Å². The number of carbonyl (C=O) groups is 1. The van der Waals surface area contributed by atoms with Gasteiger partial charge in [-0.05, 0) is 39.7 Å². The molecule has 1 atom stereocenters. The molecule has 1 fully saturated rings. The van der Waals surface area contributed by atoms with Crippen molar-refractivity contribution in [2.75, 3.05) is 26.2 Å². The molecule has 1 heterocycles. The summed E-state index contributed by atoms with van der Waals surface area (Å²) in [7, 11) is 0. The Morgan fingerprint density at radius 2 is 2.24 bits per heavy atom. The molecule has 0 aromatic carbocycles. The fourth-order valence-electron chi connectivity index (χ4n) is 2.45. The largest absolute Gasteiger partial charge is 0.481 e. The van der Waals surface area contributed by atoms with E-state index in [0.717, 1.165) is 25.9 Å². The van der Waals surface area contributed by atoms with Gasteiger partial charge in [0, 0.05) is 13.1 Å². The fourth-order valence-corrected chi connectivity index (χ4v) is 2.45. The van der Waals surface area contributed by atoms with Crippen molar-refractivity contribution in [1.82, 2.24) is 4.90 Å². The summed E-state index contributed by atoms with van der Waals surface area (Å²) in [5.41, 5.74) is -0.532. The minimum atomic E-state index is -0.644. The van der Waals surface area contributed by atoms with Gasteiger partial charge in [0.25, 0.3) is 0 Å². The van der Waals surface area contributed by atoms with Crippen LogP contribution in [0.1, 0.15) is 40.0 Å². The quantitative estimate of drug-likeness (QED) is 0.775. The number of ether oxygens (including phenoxy) is 1. The fraction of sp³-hybridized carbons (Fsp3) is 0.923. The van der Waals surface area contributed by atoms with Crippen LogP contribution in [0.3, 0.4) is 0 Å². The first-order valence-electron chi connectivity index (χ1n) is 6.57. The number of likely N-dealkylation sites (tertiary alicyclic amines) is 1. The molecule has 0 spiro atoms. The molecule has 17 heavy (non-hydrogen) atoms. The van der Waals surface area contributed by atoms with E-state index in [2.05, 4.69) is 4.90 Å². The van der Waals surface area contributed by atoms with Crippen LogP contribution in [-0.2, 0) is 9.53 Å². The normalized spacial score (nSPS) is 26.4. The van der Waals surface area contributed by atoms with E-state index in [-0.39, 0.29) is 6.10 Å². The van der Waals surface area contributed by atoms with Crippen LogP contribution < -0.4 is 0 Å². The first-order valence-corrected chi connectivity index (χ1v) is 6.57. The lowest BCUT2D eigenvalue weighted by atomic mass is 9.78. The maximum atomic E-state index is 11.4. The molecule has 0 bridgehead atoms. The number of carboxylic acid groups (broad SMARTS) is 1. The van der Waals surface area contributed by atoms with Gasteiger partial charge in [0.2, 0.25) is 0 Å². The highest BCUT2D eigenvalue weighted by atomic mass is 16.5. The van der Waals surface area contributed by atoms with Gasteiger partial charge < -0.3 is 9.84 Å². The topological polar surface area (TPSA) is 49.8 Å². The van der Waals surface area contributed by atoms with E-state index in [9.17, 15) is 9.90 Å². The zero-order chi connectivity index (χ0) is 12.9. The molecule has 0 aromatic heterocycles. The lowest BCUT2D eigenvalue weighted by molar-refractivity contribution is -0.153. The predicted octanol–water partition coefficient (Wildman–Crippen LogP) is 1.99. The van der Waals surface area contributed by atoms with Gasteiger partial charge >= 0.3 is 5.97 Å². The highest BCUT2D eigenvalue weighted by Gasteiger charge is 2.40. The molecule has 0 amide bonds. The van der Waals surface area contributed by atoms with Crippen LogP contribution in [0.15, 0.2) is 0 Å². The Morgan fingerprint density at radius 3 is 2.76 bits per heavy atom. The highest BCUT2D eigenvalue weighted by Crippen LogP contribution is 2.33. The summed E-state index contributed by atoms with van der Waals surface area (Å²) in [6, 6.07) is 0. The first-order chi connectivity index (χ1) is 8.00. The van der Waals surface area contributed by atoms with Gasteiger partial charge in [-0.25, -0.2) is 0 Å². The van der Waals surface area contributed by atoms with Gasteiger partial charge in [0.1, 0.15) is 0 Å². The smallest absolute Gasteiger partial charge is 0.310 e. The van der Waals surface area contributed by atoms with Crippen molar-refractivity contribution in [3.8, 4) is 0 Å². The average Bonchev–Trinajstić information content (AvgIpc) is 2.28. The summed E-state index contributed by atoms with van der Waals surface area (Å²) < 4.78 is 5.52. The summed E-state index contributed by atoms with van der Waals surface area (Å²) >= 11 is 0. The zero-order valence-electron chi connectivity index (χ0n) is 11.2. The van der Waals surface area contributed by atoms with Gasteiger partial charge in [-0.1, -0.05) is 6.92 Å². The molecule has 0 aromatic rings. The van der Waals surface area contributed by atoms with E-state index in [1.54, 1.807) is 0 Å². The Bertz CT molecular complexity index is 255. The Kier molecular flexibility index (Phi) is 5.40.